The summed E-state index contributed by atoms with van der Waals surface area (Å²) in [5.74, 6) is -0.402. The van der Waals surface area contributed by atoms with E-state index in [-0.39, 0.29) is 0 Å². The van der Waals surface area contributed by atoms with Crippen LogP contribution >= 0.6 is 15.9 Å². The number of primary amides is 1. The average Bonchev–Trinajstić information content (AvgIpc) is 3.04. The van der Waals surface area contributed by atoms with Gasteiger partial charge in [-0.05, 0) is 50.5 Å². The molecule has 5 rings (SSSR count). The highest BCUT2D eigenvalue weighted by Gasteiger charge is 2.17. The molecular weight excluding hydrogens is 412 g/mol. The number of carbonyl (C=O) groups is 1. The summed E-state index contributed by atoms with van der Waals surface area (Å²) in [7, 11) is 0. The lowest BCUT2D eigenvalue weighted by Gasteiger charge is -2.12. The number of aromatic nitrogens is 1. The van der Waals surface area contributed by atoms with E-state index in [1.54, 1.807) is 6.07 Å². The molecule has 2 N–H and O–H groups in total. The van der Waals surface area contributed by atoms with Gasteiger partial charge in [0.05, 0.1) is 5.52 Å². The molecule has 4 heteroatoms. The summed E-state index contributed by atoms with van der Waals surface area (Å²) in [6.07, 6.45) is 0. The molecule has 0 aliphatic carbocycles. The van der Waals surface area contributed by atoms with E-state index in [1.807, 2.05) is 24.3 Å². The highest BCUT2D eigenvalue weighted by atomic mass is 79.9. The zero-order valence-electron chi connectivity index (χ0n) is 15.0. The van der Waals surface area contributed by atoms with Crippen molar-refractivity contribution < 1.29 is 4.79 Å². The Morgan fingerprint density at radius 1 is 0.821 bits per heavy atom. The second-order valence-electron chi connectivity index (χ2n) is 6.93. The smallest absolute Gasteiger partial charge is 0.249 e. The SMILES string of the molecule is NC(=O)c1cccc2c1c1ccccc1n2Cc1ccc2ccccc2c1Br. The predicted molar refractivity (Wildman–Crippen MR) is 119 cm³/mol. The van der Waals surface area contributed by atoms with Gasteiger partial charge in [0, 0.05) is 32.9 Å². The lowest BCUT2D eigenvalue weighted by atomic mass is 10.1. The van der Waals surface area contributed by atoms with Crippen LogP contribution in [0.3, 0.4) is 0 Å². The Kier molecular flexibility index (Phi) is 3.95. The Hall–Kier alpha value is -3.11. The molecule has 0 spiro atoms. The highest BCUT2D eigenvalue weighted by Crippen LogP contribution is 2.34. The minimum Gasteiger partial charge on any atom is -0.366 e. The Morgan fingerprint density at radius 3 is 2.36 bits per heavy atom. The molecule has 136 valence electrons. The molecule has 1 heterocycles. The molecule has 0 aliphatic heterocycles. The first kappa shape index (κ1) is 17.0. The van der Waals surface area contributed by atoms with Crippen molar-refractivity contribution >= 4 is 54.4 Å². The average molecular weight is 429 g/mol. The molecule has 0 atom stereocenters. The second-order valence-corrected chi connectivity index (χ2v) is 7.72. The van der Waals surface area contributed by atoms with Gasteiger partial charge in [-0.15, -0.1) is 0 Å². The summed E-state index contributed by atoms with van der Waals surface area (Å²) in [6, 6.07) is 26.6. The predicted octanol–water partition coefficient (Wildman–Crippen LogP) is 5.86. The molecule has 0 aliphatic rings. The van der Waals surface area contributed by atoms with Gasteiger partial charge in [-0.3, -0.25) is 4.79 Å². The van der Waals surface area contributed by atoms with E-state index in [2.05, 4.69) is 69.0 Å². The number of halogens is 1. The zero-order chi connectivity index (χ0) is 19.3. The van der Waals surface area contributed by atoms with E-state index < -0.39 is 5.91 Å². The van der Waals surface area contributed by atoms with Crippen molar-refractivity contribution in [2.75, 3.05) is 0 Å². The van der Waals surface area contributed by atoms with E-state index in [4.69, 9.17) is 5.73 Å². The Bertz CT molecular complexity index is 1380. The van der Waals surface area contributed by atoms with Gasteiger partial charge in [-0.25, -0.2) is 0 Å². The maximum Gasteiger partial charge on any atom is 0.249 e. The first-order valence-corrected chi connectivity index (χ1v) is 9.90. The van der Waals surface area contributed by atoms with Crippen molar-refractivity contribution in [1.82, 2.24) is 4.57 Å². The quantitative estimate of drug-likeness (QED) is 0.384. The molecule has 0 fully saturated rings. The standard InChI is InChI=1S/C24H17BrN2O/c25-23-16(13-12-15-6-1-2-7-17(15)23)14-27-20-10-4-3-8-18(20)22-19(24(26)28)9-5-11-21(22)27/h1-13H,14H2,(H2,26,28). The van der Waals surface area contributed by atoms with Crippen LogP contribution in [-0.2, 0) is 6.54 Å². The van der Waals surface area contributed by atoms with E-state index >= 15 is 0 Å². The zero-order valence-corrected chi connectivity index (χ0v) is 16.6. The van der Waals surface area contributed by atoms with Crippen molar-refractivity contribution in [2.45, 2.75) is 6.54 Å². The first-order valence-electron chi connectivity index (χ1n) is 9.11. The molecular formula is C24H17BrN2O. The molecule has 0 radical (unpaired) electrons. The molecule has 5 aromatic rings. The minimum atomic E-state index is -0.402. The number of benzene rings is 4. The van der Waals surface area contributed by atoms with Gasteiger partial charge >= 0.3 is 0 Å². The number of nitrogens with zero attached hydrogens (tertiary/aromatic N) is 1. The topological polar surface area (TPSA) is 48.0 Å². The summed E-state index contributed by atoms with van der Waals surface area (Å²) in [4.78, 5) is 12.0. The fourth-order valence-corrected chi connectivity index (χ4v) is 4.66. The molecule has 1 amide bonds. The summed E-state index contributed by atoms with van der Waals surface area (Å²) in [6.45, 7) is 0.692. The van der Waals surface area contributed by atoms with Crippen molar-refractivity contribution in [3.8, 4) is 0 Å². The third-order valence-electron chi connectivity index (χ3n) is 5.33. The van der Waals surface area contributed by atoms with Crippen molar-refractivity contribution in [2.24, 2.45) is 5.73 Å². The number of amides is 1. The van der Waals surface area contributed by atoms with E-state index in [9.17, 15) is 4.79 Å². The lowest BCUT2D eigenvalue weighted by molar-refractivity contribution is 0.100. The largest absolute Gasteiger partial charge is 0.366 e. The van der Waals surface area contributed by atoms with Gasteiger partial charge in [-0.2, -0.15) is 0 Å². The van der Waals surface area contributed by atoms with Gasteiger partial charge in [0.1, 0.15) is 0 Å². The normalized spacial score (nSPS) is 11.5. The van der Waals surface area contributed by atoms with Gasteiger partial charge < -0.3 is 10.3 Å². The maximum absolute atomic E-state index is 12.0. The third-order valence-corrected chi connectivity index (χ3v) is 6.27. The summed E-state index contributed by atoms with van der Waals surface area (Å²) < 4.78 is 3.36. The third kappa shape index (κ3) is 2.53. The number of nitrogens with two attached hydrogens (primary N) is 1. The Labute approximate surface area is 170 Å². The molecule has 0 saturated carbocycles. The van der Waals surface area contributed by atoms with E-state index in [0.717, 1.165) is 26.3 Å². The lowest BCUT2D eigenvalue weighted by Crippen LogP contribution is -2.11. The molecule has 0 bridgehead atoms. The number of para-hydroxylation sites is 1. The van der Waals surface area contributed by atoms with Crippen LogP contribution in [0.15, 0.2) is 83.3 Å². The first-order chi connectivity index (χ1) is 13.6. The van der Waals surface area contributed by atoms with Crippen molar-refractivity contribution in [3.05, 3.63) is 94.5 Å². The Morgan fingerprint density at radius 2 is 1.54 bits per heavy atom. The van der Waals surface area contributed by atoms with Crippen LogP contribution < -0.4 is 5.73 Å². The fourth-order valence-electron chi connectivity index (χ4n) is 4.05. The van der Waals surface area contributed by atoms with Crippen LogP contribution in [0.2, 0.25) is 0 Å². The maximum atomic E-state index is 12.0. The monoisotopic (exact) mass is 428 g/mol. The van der Waals surface area contributed by atoms with Crippen molar-refractivity contribution in [1.29, 1.82) is 0 Å². The number of hydrogen-bond acceptors (Lipinski definition) is 1. The van der Waals surface area contributed by atoms with Crippen LogP contribution in [0.4, 0.5) is 0 Å². The molecule has 4 aromatic carbocycles. The fraction of sp³-hybridized carbons (Fsp3) is 0.0417. The molecule has 1 aromatic heterocycles. The van der Waals surface area contributed by atoms with Crippen LogP contribution in [0.25, 0.3) is 32.6 Å². The molecule has 28 heavy (non-hydrogen) atoms. The number of carbonyl (C=O) groups excluding carboxylic acids is 1. The van der Waals surface area contributed by atoms with Crippen LogP contribution in [0.1, 0.15) is 15.9 Å². The van der Waals surface area contributed by atoms with Crippen molar-refractivity contribution in [3.63, 3.8) is 0 Å². The molecule has 3 nitrogen and oxygen atoms in total. The van der Waals surface area contributed by atoms with E-state index in [0.29, 0.717) is 12.1 Å². The van der Waals surface area contributed by atoms with Gasteiger partial charge in [0.15, 0.2) is 0 Å². The second kappa shape index (κ2) is 6.50. The van der Waals surface area contributed by atoms with Gasteiger partial charge in [0.25, 0.3) is 0 Å². The number of rotatable bonds is 3. The summed E-state index contributed by atoms with van der Waals surface area (Å²) >= 11 is 3.81. The highest BCUT2D eigenvalue weighted by molar-refractivity contribution is 9.10. The Balaban J connectivity index is 1.79. The van der Waals surface area contributed by atoms with E-state index in [1.165, 1.54) is 16.3 Å². The number of fused-ring (bicyclic) bond motifs is 4. The molecule has 0 unspecified atom stereocenters. The summed E-state index contributed by atoms with van der Waals surface area (Å²) in [5, 5.41) is 4.36. The molecule has 0 saturated heterocycles. The summed E-state index contributed by atoms with van der Waals surface area (Å²) in [5.41, 5.74) is 9.51. The van der Waals surface area contributed by atoms with Crippen LogP contribution in [0, 0.1) is 0 Å². The number of hydrogen-bond donors (Lipinski definition) is 1. The van der Waals surface area contributed by atoms with Gasteiger partial charge in [0.2, 0.25) is 5.91 Å². The van der Waals surface area contributed by atoms with Crippen LogP contribution in [0.5, 0.6) is 0 Å². The minimum absolute atomic E-state index is 0.402. The van der Waals surface area contributed by atoms with Gasteiger partial charge in [-0.1, -0.05) is 60.7 Å². The van der Waals surface area contributed by atoms with Crippen LogP contribution in [-0.4, -0.2) is 10.5 Å².